The third-order valence-corrected chi connectivity index (χ3v) is 3.80. The molecule has 0 atom stereocenters. The number of hydrogen-bond acceptors (Lipinski definition) is 3. The minimum Gasteiger partial charge on any atom is -0.492 e. The van der Waals surface area contributed by atoms with Crippen molar-refractivity contribution in [1.29, 1.82) is 0 Å². The van der Waals surface area contributed by atoms with E-state index in [1.54, 1.807) is 48.5 Å². The number of urea groups is 1. The molecule has 0 aliphatic heterocycles. The smallest absolute Gasteiger partial charge is 0.319 e. The lowest BCUT2D eigenvalue weighted by Gasteiger charge is -2.10. The number of anilines is 1. The maximum Gasteiger partial charge on any atom is 0.319 e. The van der Waals surface area contributed by atoms with Gasteiger partial charge in [0.25, 0.3) is 5.91 Å². The largest absolute Gasteiger partial charge is 0.492 e. The average Bonchev–Trinajstić information content (AvgIpc) is 2.65. The Hall–Kier alpha value is -2.73. The molecule has 0 saturated carbocycles. The van der Waals surface area contributed by atoms with Gasteiger partial charge in [0.05, 0.1) is 6.54 Å². The second-order valence-electron chi connectivity index (χ2n) is 6.36. The van der Waals surface area contributed by atoms with Gasteiger partial charge in [0.1, 0.15) is 12.4 Å². The molecule has 0 unspecified atom stereocenters. The minimum absolute atomic E-state index is 0.126. The third-order valence-electron chi connectivity index (χ3n) is 3.55. The van der Waals surface area contributed by atoms with Crippen LogP contribution in [0.25, 0.3) is 0 Å². The number of nitrogens with one attached hydrogen (secondary N) is 3. The fraction of sp³-hybridized carbons (Fsp3) is 0.300. The highest BCUT2D eigenvalue weighted by molar-refractivity contribution is 6.30. The summed E-state index contributed by atoms with van der Waals surface area (Å²) in [5, 5.41) is 8.90. The van der Waals surface area contributed by atoms with E-state index in [-0.39, 0.29) is 11.9 Å². The lowest BCUT2D eigenvalue weighted by atomic mass is 10.1. The zero-order chi connectivity index (χ0) is 19.6. The molecule has 0 aliphatic rings. The predicted molar refractivity (Wildman–Crippen MR) is 108 cm³/mol. The maximum absolute atomic E-state index is 12.0. The molecule has 0 radical (unpaired) electrons. The van der Waals surface area contributed by atoms with Crippen LogP contribution in [0.4, 0.5) is 10.5 Å². The maximum atomic E-state index is 12.0. The first-order valence-electron chi connectivity index (χ1n) is 8.75. The first-order chi connectivity index (χ1) is 12.9. The quantitative estimate of drug-likeness (QED) is 0.598. The zero-order valence-corrected chi connectivity index (χ0v) is 16.2. The van der Waals surface area contributed by atoms with Gasteiger partial charge < -0.3 is 20.7 Å². The molecule has 0 fully saturated rings. The summed E-state index contributed by atoms with van der Waals surface area (Å²) in [6.45, 7) is 5.38. The van der Waals surface area contributed by atoms with Crippen molar-refractivity contribution in [2.24, 2.45) is 5.92 Å². The molecule has 0 saturated heterocycles. The molecule has 0 aromatic heterocycles. The van der Waals surface area contributed by atoms with E-state index in [1.165, 1.54) is 0 Å². The fourth-order valence-corrected chi connectivity index (χ4v) is 2.27. The number of benzene rings is 2. The van der Waals surface area contributed by atoms with Gasteiger partial charge in [-0.15, -0.1) is 0 Å². The molecule has 2 rings (SSSR count). The first-order valence-corrected chi connectivity index (χ1v) is 9.13. The van der Waals surface area contributed by atoms with Crippen molar-refractivity contribution in [3.8, 4) is 5.75 Å². The van der Waals surface area contributed by atoms with E-state index in [1.807, 2.05) is 13.8 Å². The molecule has 144 valence electrons. The van der Waals surface area contributed by atoms with Crippen molar-refractivity contribution in [3.05, 3.63) is 59.1 Å². The van der Waals surface area contributed by atoms with Crippen LogP contribution >= 0.6 is 11.6 Å². The molecule has 0 bridgehead atoms. The molecular formula is C20H24ClN3O3. The SMILES string of the molecule is CC(C)CNC(=O)c1ccc(NC(=O)NCCOc2ccc(Cl)cc2)cc1. The van der Waals surface area contributed by atoms with E-state index in [0.717, 1.165) is 0 Å². The summed E-state index contributed by atoms with van der Waals surface area (Å²) in [4.78, 5) is 23.9. The van der Waals surface area contributed by atoms with Gasteiger partial charge >= 0.3 is 6.03 Å². The van der Waals surface area contributed by atoms with E-state index in [0.29, 0.717) is 47.6 Å². The zero-order valence-electron chi connectivity index (χ0n) is 15.4. The van der Waals surface area contributed by atoms with Crippen LogP contribution in [-0.2, 0) is 0 Å². The van der Waals surface area contributed by atoms with Gasteiger partial charge in [-0.3, -0.25) is 4.79 Å². The van der Waals surface area contributed by atoms with E-state index in [9.17, 15) is 9.59 Å². The Morgan fingerprint density at radius 2 is 1.67 bits per heavy atom. The standard InChI is InChI=1S/C20H24ClN3O3/c1-14(2)13-23-19(25)15-3-7-17(8-4-15)24-20(26)22-11-12-27-18-9-5-16(21)6-10-18/h3-10,14H,11-13H2,1-2H3,(H,23,25)(H2,22,24,26). The lowest BCUT2D eigenvalue weighted by molar-refractivity contribution is 0.0949. The van der Waals surface area contributed by atoms with E-state index < -0.39 is 0 Å². The molecule has 6 nitrogen and oxygen atoms in total. The second-order valence-corrected chi connectivity index (χ2v) is 6.80. The van der Waals surface area contributed by atoms with Crippen molar-refractivity contribution in [2.75, 3.05) is 25.0 Å². The second kappa shape index (κ2) is 10.4. The van der Waals surface area contributed by atoms with Crippen LogP contribution in [-0.4, -0.2) is 31.6 Å². The number of ether oxygens (including phenoxy) is 1. The molecular weight excluding hydrogens is 366 g/mol. The lowest BCUT2D eigenvalue weighted by Crippen LogP contribution is -2.32. The van der Waals surface area contributed by atoms with Crippen LogP contribution in [0.3, 0.4) is 0 Å². The van der Waals surface area contributed by atoms with Crippen LogP contribution in [0.15, 0.2) is 48.5 Å². The number of rotatable bonds is 8. The minimum atomic E-state index is -0.341. The Labute approximate surface area is 164 Å². The Morgan fingerprint density at radius 1 is 1.00 bits per heavy atom. The highest BCUT2D eigenvalue weighted by Crippen LogP contribution is 2.15. The van der Waals surface area contributed by atoms with Gasteiger partial charge in [0.15, 0.2) is 0 Å². The van der Waals surface area contributed by atoms with E-state index in [4.69, 9.17) is 16.3 Å². The van der Waals surface area contributed by atoms with Gasteiger partial charge in [-0.05, 0) is 54.4 Å². The Kier molecular flexibility index (Phi) is 7.95. The number of amides is 3. The van der Waals surface area contributed by atoms with E-state index >= 15 is 0 Å². The van der Waals surface area contributed by atoms with Crippen LogP contribution in [0.1, 0.15) is 24.2 Å². The van der Waals surface area contributed by atoms with E-state index in [2.05, 4.69) is 16.0 Å². The summed E-state index contributed by atoms with van der Waals surface area (Å²) in [7, 11) is 0. The van der Waals surface area contributed by atoms with Crippen molar-refractivity contribution in [2.45, 2.75) is 13.8 Å². The number of carbonyl (C=O) groups excluding carboxylic acids is 2. The highest BCUT2D eigenvalue weighted by atomic mass is 35.5. The number of carbonyl (C=O) groups is 2. The molecule has 0 aliphatic carbocycles. The summed E-state index contributed by atoms with van der Waals surface area (Å²) < 4.78 is 5.50. The molecule has 0 heterocycles. The van der Waals surface area contributed by atoms with Crippen molar-refractivity contribution in [1.82, 2.24) is 10.6 Å². The summed E-state index contributed by atoms with van der Waals surface area (Å²) in [5.41, 5.74) is 1.16. The summed E-state index contributed by atoms with van der Waals surface area (Å²) in [6, 6.07) is 13.4. The Bertz CT molecular complexity index is 746. The molecule has 2 aromatic carbocycles. The van der Waals surface area contributed by atoms with Crippen LogP contribution < -0.4 is 20.7 Å². The normalized spacial score (nSPS) is 10.4. The van der Waals surface area contributed by atoms with Crippen molar-refractivity contribution in [3.63, 3.8) is 0 Å². The average molecular weight is 390 g/mol. The highest BCUT2D eigenvalue weighted by Gasteiger charge is 2.07. The predicted octanol–water partition coefficient (Wildman–Crippen LogP) is 3.93. The molecule has 7 heteroatoms. The van der Waals surface area contributed by atoms with Crippen LogP contribution in [0, 0.1) is 5.92 Å². The van der Waals surface area contributed by atoms with Gasteiger partial charge in [0, 0.05) is 22.8 Å². The monoisotopic (exact) mass is 389 g/mol. The number of hydrogen-bond donors (Lipinski definition) is 3. The Morgan fingerprint density at radius 3 is 2.30 bits per heavy atom. The van der Waals surface area contributed by atoms with Gasteiger partial charge in [-0.2, -0.15) is 0 Å². The third kappa shape index (κ3) is 7.58. The number of halogens is 1. The van der Waals surface area contributed by atoms with Gasteiger partial charge in [-0.25, -0.2) is 4.79 Å². The molecule has 3 amide bonds. The van der Waals surface area contributed by atoms with Crippen LogP contribution in [0.5, 0.6) is 5.75 Å². The summed E-state index contributed by atoms with van der Waals surface area (Å²) >= 11 is 5.80. The van der Waals surface area contributed by atoms with Gasteiger partial charge in [0.2, 0.25) is 0 Å². The topological polar surface area (TPSA) is 79.5 Å². The molecule has 27 heavy (non-hydrogen) atoms. The van der Waals surface area contributed by atoms with Crippen molar-refractivity contribution < 1.29 is 14.3 Å². The molecule has 3 N–H and O–H groups in total. The fourth-order valence-electron chi connectivity index (χ4n) is 2.14. The molecule has 2 aromatic rings. The summed E-state index contributed by atoms with van der Waals surface area (Å²) in [6.07, 6.45) is 0. The molecule has 0 spiro atoms. The Balaban J connectivity index is 1.70. The summed E-state index contributed by atoms with van der Waals surface area (Å²) in [5.74, 6) is 0.953. The van der Waals surface area contributed by atoms with Gasteiger partial charge in [-0.1, -0.05) is 25.4 Å². The van der Waals surface area contributed by atoms with Crippen molar-refractivity contribution >= 4 is 29.2 Å². The van der Waals surface area contributed by atoms with Crippen LogP contribution in [0.2, 0.25) is 5.02 Å². The first kappa shape index (κ1) is 20.6.